The molecule has 0 bridgehead atoms. The highest BCUT2D eigenvalue weighted by molar-refractivity contribution is 6.26. The number of hydrogen-bond donors (Lipinski definition) is 0. The van der Waals surface area contributed by atoms with Crippen LogP contribution in [0, 0.1) is 0 Å². The predicted octanol–water partition coefficient (Wildman–Crippen LogP) is 12.3. The summed E-state index contributed by atoms with van der Waals surface area (Å²) in [6.07, 6.45) is 0. The van der Waals surface area contributed by atoms with E-state index in [2.05, 4.69) is 127 Å². The van der Waals surface area contributed by atoms with Crippen LogP contribution in [0.5, 0.6) is 0 Å². The summed E-state index contributed by atoms with van der Waals surface area (Å²) in [4.78, 5) is 0. The van der Waals surface area contributed by atoms with Gasteiger partial charge in [0, 0.05) is 26.9 Å². The molecule has 2 nitrogen and oxygen atoms in total. The number of benzene rings is 8. The Balaban J connectivity index is 1.31. The smallest absolute Gasteiger partial charge is 0.143 e. The van der Waals surface area contributed by atoms with E-state index in [0.717, 1.165) is 49.3 Å². The van der Waals surface area contributed by atoms with Crippen LogP contribution >= 0.6 is 0 Å². The molecule has 2 aromatic heterocycles. The minimum absolute atomic E-state index is 0.910. The van der Waals surface area contributed by atoms with Crippen molar-refractivity contribution in [1.29, 1.82) is 0 Å². The van der Waals surface area contributed by atoms with Gasteiger partial charge in [0.1, 0.15) is 22.3 Å². The molecular weight excluding hydrogens is 536 g/mol. The Kier molecular flexibility index (Phi) is 4.75. The van der Waals surface area contributed by atoms with Gasteiger partial charge in [0.05, 0.1) is 0 Å². The van der Waals surface area contributed by atoms with Crippen molar-refractivity contribution in [2.24, 2.45) is 0 Å². The zero-order chi connectivity index (χ0) is 28.8. The van der Waals surface area contributed by atoms with Crippen LogP contribution in [0.25, 0.3) is 98.4 Å². The van der Waals surface area contributed by atoms with Gasteiger partial charge in [-0.1, -0.05) is 115 Å². The molecule has 2 heterocycles. The third-order valence-electron chi connectivity index (χ3n) is 9.27. The highest BCUT2D eigenvalue weighted by Crippen LogP contribution is 2.47. The van der Waals surface area contributed by atoms with Gasteiger partial charge >= 0.3 is 0 Å². The van der Waals surface area contributed by atoms with Gasteiger partial charge in [-0.2, -0.15) is 0 Å². The molecule has 10 rings (SSSR count). The second kappa shape index (κ2) is 8.82. The molecule has 0 atom stereocenters. The van der Waals surface area contributed by atoms with E-state index in [1.807, 2.05) is 18.2 Å². The van der Waals surface area contributed by atoms with Gasteiger partial charge in [-0.3, -0.25) is 0 Å². The fraction of sp³-hybridized carbons (Fsp3) is 0. The predicted molar refractivity (Wildman–Crippen MR) is 184 cm³/mol. The molecule has 10 aromatic rings. The minimum Gasteiger partial charge on any atom is -0.456 e. The molecule has 0 radical (unpaired) electrons. The van der Waals surface area contributed by atoms with Crippen LogP contribution in [0.2, 0.25) is 0 Å². The first kappa shape index (κ1) is 23.7. The number of para-hydroxylation sites is 2. The van der Waals surface area contributed by atoms with Crippen LogP contribution < -0.4 is 0 Å². The summed E-state index contributed by atoms with van der Waals surface area (Å²) < 4.78 is 12.6. The van der Waals surface area contributed by atoms with Gasteiger partial charge in [-0.25, -0.2) is 0 Å². The van der Waals surface area contributed by atoms with Gasteiger partial charge in [-0.15, -0.1) is 0 Å². The molecule has 0 saturated heterocycles. The first-order valence-corrected chi connectivity index (χ1v) is 15.0. The highest BCUT2D eigenvalue weighted by atomic mass is 16.3. The van der Waals surface area contributed by atoms with E-state index >= 15 is 0 Å². The quantitative estimate of drug-likeness (QED) is 0.197. The molecule has 0 aliphatic rings. The third-order valence-corrected chi connectivity index (χ3v) is 9.27. The lowest BCUT2D eigenvalue weighted by molar-refractivity contribution is 0.669. The number of rotatable bonds is 2. The van der Waals surface area contributed by atoms with Gasteiger partial charge in [0.25, 0.3) is 0 Å². The molecule has 0 fully saturated rings. The summed E-state index contributed by atoms with van der Waals surface area (Å²) in [7, 11) is 0. The maximum absolute atomic E-state index is 6.46. The molecule has 0 spiro atoms. The molecule has 0 unspecified atom stereocenters. The van der Waals surface area contributed by atoms with Crippen molar-refractivity contribution >= 4 is 76.2 Å². The van der Waals surface area contributed by atoms with Crippen LogP contribution in [0.4, 0.5) is 0 Å². The molecule has 0 saturated carbocycles. The Hall–Kier alpha value is -5.86. The number of furan rings is 2. The fourth-order valence-electron chi connectivity index (χ4n) is 7.37. The lowest BCUT2D eigenvalue weighted by Gasteiger charge is -2.19. The summed E-state index contributed by atoms with van der Waals surface area (Å²) in [5.74, 6) is 0. The highest BCUT2D eigenvalue weighted by Gasteiger charge is 2.20. The topological polar surface area (TPSA) is 26.3 Å². The molecule has 8 aromatic carbocycles. The molecule has 204 valence electrons. The summed E-state index contributed by atoms with van der Waals surface area (Å²) in [6.45, 7) is 0. The molecular formula is C42H24O2. The minimum atomic E-state index is 0.910. The van der Waals surface area contributed by atoms with Crippen molar-refractivity contribution < 1.29 is 8.83 Å². The maximum Gasteiger partial charge on any atom is 0.143 e. The molecule has 44 heavy (non-hydrogen) atoms. The van der Waals surface area contributed by atoms with E-state index in [0.29, 0.717) is 0 Å². The summed E-state index contributed by atoms with van der Waals surface area (Å²) >= 11 is 0. The molecule has 2 heteroatoms. The summed E-state index contributed by atoms with van der Waals surface area (Å²) in [6, 6.07) is 52.0. The average molecular weight is 561 g/mol. The Morgan fingerprint density at radius 3 is 1.50 bits per heavy atom. The Morgan fingerprint density at radius 2 is 0.795 bits per heavy atom. The van der Waals surface area contributed by atoms with Crippen molar-refractivity contribution in [2.75, 3.05) is 0 Å². The second-order valence-electron chi connectivity index (χ2n) is 11.6. The van der Waals surface area contributed by atoms with Crippen LogP contribution in [0.3, 0.4) is 0 Å². The van der Waals surface area contributed by atoms with E-state index in [9.17, 15) is 0 Å². The molecule has 0 amide bonds. The maximum atomic E-state index is 6.46. The van der Waals surface area contributed by atoms with Gasteiger partial charge < -0.3 is 8.83 Å². The van der Waals surface area contributed by atoms with Gasteiger partial charge in [0.2, 0.25) is 0 Å². The van der Waals surface area contributed by atoms with Crippen molar-refractivity contribution in [3.63, 3.8) is 0 Å². The van der Waals surface area contributed by atoms with E-state index in [1.165, 1.54) is 49.2 Å². The SMILES string of the molecule is c1ccc2c(c1)oc1ccc(-c3c4ccccc4c(-c4cccc5c4ccc4c6ccccc6oc54)c4ccccc34)cc12. The van der Waals surface area contributed by atoms with E-state index in [-0.39, 0.29) is 0 Å². The third kappa shape index (κ3) is 3.20. The van der Waals surface area contributed by atoms with Gasteiger partial charge in [0.15, 0.2) is 0 Å². The van der Waals surface area contributed by atoms with E-state index < -0.39 is 0 Å². The zero-order valence-corrected chi connectivity index (χ0v) is 23.7. The first-order chi connectivity index (χ1) is 21.8. The second-order valence-corrected chi connectivity index (χ2v) is 11.6. The standard InChI is InChI=1S/C42H24O2/c1-3-14-32-30(12-1)40(25-20-23-39-36(24-25)28-11-6-7-18-37(28)43-39)31-13-2-4-15-33(31)41(32)29-16-9-17-34-26(29)21-22-35-27-10-5-8-19-38(27)44-42(34)35/h1-24H. The van der Waals surface area contributed by atoms with E-state index in [1.54, 1.807) is 0 Å². The van der Waals surface area contributed by atoms with Crippen molar-refractivity contribution in [3.05, 3.63) is 146 Å². The summed E-state index contributed by atoms with van der Waals surface area (Å²) in [5, 5.41) is 11.8. The molecule has 0 aliphatic carbocycles. The Bertz CT molecular complexity index is 2720. The van der Waals surface area contributed by atoms with Crippen molar-refractivity contribution in [3.8, 4) is 22.3 Å². The van der Waals surface area contributed by atoms with Crippen LogP contribution in [0.15, 0.2) is 154 Å². The monoisotopic (exact) mass is 560 g/mol. The average Bonchev–Trinajstić information content (AvgIpc) is 3.65. The fourth-order valence-corrected chi connectivity index (χ4v) is 7.37. The van der Waals surface area contributed by atoms with E-state index in [4.69, 9.17) is 8.83 Å². The summed E-state index contributed by atoms with van der Waals surface area (Å²) in [5.41, 5.74) is 8.57. The normalized spacial score (nSPS) is 12.1. The Labute approximate surface area is 252 Å². The van der Waals surface area contributed by atoms with Crippen LogP contribution in [-0.2, 0) is 0 Å². The Morgan fingerprint density at radius 1 is 0.295 bits per heavy atom. The van der Waals surface area contributed by atoms with Crippen LogP contribution in [-0.4, -0.2) is 0 Å². The van der Waals surface area contributed by atoms with Crippen molar-refractivity contribution in [2.45, 2.75) is 0 Å². The lowest BCUT2D eigenvalue weighted by Crippen LogP contribution is -1.91. The van der Waals surface area contributed by atoms with Crippen LogP contribution in [0.1, 0.15) is 0 Å². The lowest BCUT2D eigenvalue weighted by atomic mass is 9.84. The molecule has 0 aliphatic heterocycles. The van der Waals surface area contributed by atoms with Crippen molar-refractivity contribution in [1.82, 2.24) is 0 Å². The largest absolute Gasteiger partial charge is 0.456 e. The zero-order valence-electron chi connectivity index (χ0n) is 23.7. The number of fused-ring (bicyclic) bond motifs is 10. The first-order valence-electron chi connectivity index (χ1n) is 15.0. The number of hydrogen-bond acceptors (Lipinski definition) is 2. The molecule has 0 N–H and O–H groups in total. The van der Waals surface area contributed by atoms with Gasteiger partial charge in [-0.05, 0) is 79.5 Å².